The van der Waals surface area contributed by atoms with E-state index in [4.69, 9.17) is 41.3 Å². The van der Waals surface area contributed by atoms with Crippen LogP contribution in [0.1, 0.15) is 74.0 Å². The first-order chi connectivity index (χ1) is 24.6. The van der Waals surface area contributed by atoms with Crippen molar-refractivity contribution < 1.29 is 42.2 Å². The molecule has 1 aromatic carbocycles. The number of nitrogens with zero attached hydrogens (tertiary/aromatic N) is 4. The minimum absolute atomic E-state index is 0.0111. The second kappa shape index (κ2) is 17.6. The molecule has 1 aliphatic heterocycles. The number of rotatable bonds is 17. The highest BCUT2D eigenvalue weighted by Gasteiger charge is 2.53. The average Bonchev–Trinajstić information content (AvgIpc) is 3.69. The van der Waals surface area contributed by atoms with Gasteiger partial charge in [0.15, 0.2) is 22.6 Å². The third-order valence-corrected chi connectivity index (χ3v) is 10.3. The molecule has 2 aromatic heterocycles. The van der Waals surface area contributed by atoms with Crippen LogP contribution in [0.3, 0.4) is 0 Å². The molecular weight excluding hydrogens is 715 g/mol. The van der Waals surface area contributed by atoms with Gasteiger partial charge in [0.05, 0.1) is 18.9 Å². The molecule has 1 saturated heterocycles. The molecule has 0 spiro atoms. The molecule has 17 heteroatoms. The first kappa shape index (κ1) is 40.7. The van der Waals surface area contributed by atoms with Gasteiger partial charge >= 0.3 is 19.7 Å². The molecule has 0 radical (unpaired) electrons. The zero-order valence-corrected chi connectivity index (χ0v) is 32.0. The molecule has 4 rings (SSSR count). The summed E-state index contributed by atoms with van der Waals surface area (Å²) in [6.45, 7) is 11.8. The maximum Gasteiger partial charge on any atom is 0.459 e. The molecule has 0 aliphatic carbocycles. The number of carbonyl (C=O) groups is 3. The molecule has 5 atom stereocenters. The Hall–Kier alpha value is -4.06. The maximum absolute atomic E-state index is 14.4. The predicted octanol–water partition coefficient (Wildman–Crippen LogP) is 6.09. The smallest absolute Gasteiger partial charge is 0.459 e. The maximum atomic E-state index is 14.4. The van der Waals surface area contributed by atoms with Crippen LogP contribution in [0.15, 0.2) is 36.7 Å². The van der Waals surface area contributed by atoms with Crippen LogP contribution in [0.2, 0.25) is 5.28 Å². The number of ether oxygens (including phenoxy) is 3. The van der Waals surface area contributed by atoms with Crippen molar-refractivity contribution in [1.29, 1.82) is 0 Å². The molecular formula is C35H46ClN6O9P. The quantitative estimate of drug-likeness (QED) is 0.0698. The Morgan fingerprint density at radius 2 is 1.79 bits per heavy atom. The first-order valence-corrected chi connectivity index (χ1v) is 19.1. The van der Waals surface area contributed by atoms with Crippen molar-refractivity contribution in [2.75, 3.05) is 18.5 Å². The third-order valence-electron chi connectivity index (χ3n) is 8.47. The van der Waals surface area contributed by atoms with E-state index in [1.807, 2.05) is 13.8 Å². The minimum Gasteiger partial charge on any atom is -0.464 e. The Kier molecular flexibility index (Phi) is 13.8. The number of anilines is 1. The summed E-state index contributed by atoms with van der Waals surface area (Å²) in [7, 11) is -4.42. The Bertz CT molecular complexity index is 1810. The number of nitrogens with one attached hydrogen (secondary N) is 2. The molecule has 0 saturated carbocycles. The second-order valence-electron chi connectivity index (χ2n) is 13.1. The summed E-state index contributed by atoms with van der Waals surface area (Å²) in [6.07, 6.45) is 7.06. The van der Waals surface area contributed by atoms with Crippen molar-refractivity contribution in [3.05, 3.63) is 41.9 Å². The van der Waals surface area contributed by atoms with Crippen LogP contribution in [-0.2, 0) is 37.7 Å². The van der Waals surface area contributed by atoms with Crippen molar-refractivity contribution in [2.24, 2.45) is 17.8 Å². The summed E-state index contributed by atoms with van der Waals surface area (Å²) in [5.74, 6) is 0.607. The summed E-state index contributed by atoms with van der Waals surface area (Å²) in [4.78, 5) is 51.2. The number of aromatic nitrogens is 4. The SMILES string of the molecule is C#C[C@]1(CO[P@@](=O)(N[C@@H](C)C(=O)OCC(CC)CC)Oc2ccccc2)O[C@@H](n2cnc3c(NC(=O)C(C)C)nc(Cl)nc32)C[C@@H]1OC(=O)C(C)C. The summed E-state index contributed by atoms with van der Waals surface area (Å²) in [6, 6.07) is 7.10. The summed E-state index contributed by atoms with van der Waals surface area (Å²) >= 11 is 6.26. The van der Waals surface area contributed by atoms with Crippen LogP contribution >= 0.6 is 19.3 Å². The molecule has 52 heavy (non-hydrogen) atoms. The van der Waals surface area contributed by atoms with E-state index >= 15 is 0 Å². The number of terminal acetylenes is 1. The van der Waals surface area contributed by atoms with E-state index in [1.165, 1.54) is 17.8 Å². The van der Waals surface area contributed by atoms with Gasteiger partial charge < -0.3 is 24.1 Å². The van der Waals surface area contributed by atoms with Gasteiger partial charge in [0.2, 0.25) is 11.2 Å². The van der Waals surface area contributed by atoms with Gasteiger partial charge in [-0.15, -0.1) is 6.42 Å². The lowest BCUT2D eigenvalue weighted by atomic mass is 9.98. The number of halogens is 1. The predicted molar refractivity (Wildman–Crippen MR) is 193 cm³/mol. The summed E-state index contributed by atoms with van der Waals surface area (Å²) in [5.41, 5.74) is -1.40. The van der Waals surface area contributed by atoms with E-state index in [2.05, 4.69) is 31.3 Å². The van der Waals surface area contributed by atoms with Crippen molar-refractivity contribution in [3.63, 3.8) is 0 Å². The molecule has 282 valence electrons. The Morgan fingerprint density at radius 3 is 2.40 bits per heavy atom. The van der Waals surface area contributed by atoms with Crippen LogP contribution in [0, 0.1) is 30.1 Å². The zero-order valence-electron chi connectivity index (χ0n) is 30.3. The van der Waals surface area contributed by atoms with E-state index < -0.39 is 56.2 Å². The van der Waals surface area contributed by atoms with Gasteiger partial charge in [-0.2, -0.15) is 15.1 Å². The van der Waals surface area contributed by atoms with Crippen LogP contribution in [0.25, 0.3) is 11.2 Å². The molecule has 3 aromatic rings. The first-order valence-electron chi connectivity index (χ1n) is 17.1. The molecule has 3 heterocycles. The number of hydrogen-bond acceptors (Lipinski definition) is 12. The topological polar surface area (TPSA) is 182 Å². The fraction of sp³-hybridized carbons (Fsp3) is 0.543. The van der Waals surface area contributed by atoms with E-state index in [1.54, 1.807) is 58.0 Å². The fourth-order valence-corrected chi connectivity index (χ4v) is 6.79. The van der Waals surface area contributed by atoms with Crippen molar-refractivity contribution >= 4 is 54.2 Å². The van der Waals surface area contributed by atoms with Crippen LogP contribution in [0.4, 0.5) is 5.82 Å². The normalized spacial score (nSPS) is 20.4. The number of benzene rings is 1. The summed E-state index contributed by atoms with van der Waals surface area (Å²) < 4.78 is 45.5. The average molecular weight is 761 g/mol. The molecule has 1 aliphatic rings. The van der Waals surface area contributed by atoms with Crippen LogP contribution in [-0.4, -0.2) is 68.3 Å². The van der Waals surface area contributed by atoms with Gasteiger partial charge in [0.1, 0.15) is 30.7 Å². The van der Waals surface area contributed by atoms with Gasteiger partial charge in [0.25, 0.3) is 0 Å². The van der Waals surface area contributed by atoms with Crippen molar-refractivity contribution in [3.8, 4) is 18.1 Å². The number of esters is 2. The van der Waals surface area contributed by atoms with Crippen LogP contribution in [0.5, 0.6) is 5.75 Å². The largest absolute Gasteiger partial charge is 0.464 e. The van der Waals surface area contributed by atoms with Crippen molar-refractivity contribution in [1.82, 2.24) is 24.6 Å². The summed E-state index contributed by atoms with van der Waals surface area (Å²) in [5, 5.41) is 5.20. The number of fused-ring (bicyclic) bond motifs is 1. The molecule has 0 unspecified atom stereocenters. The van der Waals surface area contributed by atoms with E-state index in [-0.39, 0.29) is 58.8 Å². The Morgan fingerprint density at radius 1 is 1.10 bits per heavy atom. The number of imidazole rings is 1. The minimum atomic E-state index is -4.42. The number of amides is 1. The van der Waals surface area contributed by atoms with E-state index in [0.717, 1.165) is 12.8 Å². The number of carbonyl (C=O) groups excluding carboxylic acids is 3. The zero-order chi connectivity index (χ0) is 38.2. The highest BCUT2D eigenvalue weighted by Crippen LogP contribution is 2.48. The Labute approximate surface area is 308 Å². The lowest BCUT2D eigenvalue weighted by molar-refractivity contribution is -0.161. The van der Waals surface area contributed by atoms with Gasteiger partial charge in [-0.05, 0) is 36.6 Å². The van der Waals surface area contributed by atoms with Gasteiger partial charge in [-0.1, -0.05) is 78.5 Å². The fourth-order valence-electron chi connectivity index (χ4n) is 5.10. The lowest BCUT2D eigenvalue weighted by Gasteiger charge is -2.31. The highest BCUT2D eigenvalue weighted by molar-refractivity contribution is 7.52. The van der Waals surface area contributed by atoms with Gasteiger partial charge in [0, 0.05) is 12.3 Å². The molecule has 1 fully saturated rings. The molecule has 2 N–H and O–H groups in total. The van der Waals surface area contributed by atoms with Crippen molar-refractivity contribution in [2.45, 2.75) is 91.7 Å². The highest BCUT2D eigenvalue weighted by atomic mass is 35.5. The number of para-hydroxylation sites is 1. The molecule has 15 nitrogen and oxygen atoms in total. The monoisotopic (exact) mass is 760 g/mol. The van der Waals surface area contributed by atoms with Gasteiger partial charge in [-0.3, -0.25) is 23.5 Å². The van der Waals surface area contributed by atoms with Crippen LogP contribution < -0.4 is 14.9 Å². The third kappa shape index (κ3) is 9.87. The van der Waals surface area contributed by atoms with Gasteiger partial charge in [-0.25, -0.2) is 9.55 Å². The lowest BCUT2D eigenvalue weighted by Crippen LogP contribution is -2.46. The molecule has 0 bridgehead atoms. The molecule has 1 amide bonds. The van der Waals surface area contributed by atoms with E-state index in [9.17, 15) is 18.9 Å². The second-order valence-corrected chi connectivity index (χ2v) is 15.1. The number of hydrogen-bond donors (Lipinski definition) is 2. The Balaban J connectivity index is 1.66. The van der Waals surface area contributed by atoms with E-state index in [0.29, 0.717) is 0 Å². The standard InChI is InChI=1S/C35H46ClN6O9P/c1-9-24(10-2)18-47-33(45)23(8)41-52(46,51-25-15-13-12-14-16-25)48-19-35(11-3)26(49-32(44)22(6)7)17-27(50-35)42-20-37-28-29(38-31(43)21(4)5)39-34(36)40-30(28)42/h3,12-16,20-24,26-27H,9-10,17-19H2,1-2,4-8H3,(H,41,46)(H,38,39,40,43)/t23-,26-,27+,35+,52-/m0/s1.